The Morgan fingerprint density at radius 3 is 2.69 bits per heavy atom. The molecule has 1 nitrogen and oxygen atoms in total. The van der Waals surface area contributed by atoms with E-state index in [2.05, 4.69) is 26.0 Å². The van der Waals surface area contributed by atoms with Crippen LogP contribution in [0.1, 0.15) is 50.2 Å². The van der Waals surface area contributed by atoms with Crippen LogP contribution in [0, 0.1) is 6.92 Å². The predicted octanol–water partition coefficient (Wildman–Crippen LogP) is 4.08. The normalized spacial score (nSPS) is 10.4. The number of unbranched alkanes of at least 4 members (excludes halogenated alkanes) is 3. The van der Waals surface area contributed by atoms with Crippen molar-refractivity contribution in [1.29, 1.82) is 0 Å². The maximum atomic E-state index is 11.7. The van der Waals surface area contributed by atoms with Gasteiger partial charge in [-0.05, 0) is 18.9 Å². The number of benzene rings is 1. The summed E-state index contributed by atoms with van der Waals surface area (Å²) in [5, 5.41) is 0. The van der Waals surface area contributed by atoms with Crippen LogP contribution in [0.25, 0.3) is 0 Å². The molecule has 0 spiro atoms. The predicted molar refractivity (Wildman–Crippen MR) is 68.6 cm³/mol. The van der Waals surface area contributed by atoms with Crippen LogP contribution in [0.2, 0.25) is 0 Å². The van der Waals surface area contributed by atoms with Crippen LogP contribution >= 0.6 is 0 Å². The van der Waals surface area contributed by atoms with Crippen LogP contribution in [0.4, 0.5) is 0 Å². The molecule has 0 aliphatic rings. The molecule has 0 fully saturated rings. The topological polar surface area (TPSA) is 17.1 Å². The van der Waals surface area contributed by atoms with Gasteiger partial charge in [-0.15, -0.1) is 0 Å². The summed E-state index contributed by atoms with van der Waals surface area (Å²) in [6, 6.07) is 8.23. The van der Waals surface area contributed by atoms with Gasteiger partial charge in [0.1, 0.15) is 5.78 Å². The Labute approximate surface area is 98.9 Å². The van der Waals surface area contributed by atoms with Gasteiger partial charge in [-0.25, -0.2) is 0 Å². The zero-order chi connectivity index (χ0) is 11.8. The van der Waals surface area contributed by atoms with Crippen molar-refractivity contribution >= 4 is 5.78 Å². The summed E-state index contributed by atoms with van der Waals surface area (Å²) in [4.78, 5) is 11.7. The maximum Gasteiger partial charge on any atom is 0.137 e. The summed E-state index contributed by atoms with van der Waals surface area (Å²) in [5.41, 5.74) is 2.39. The van der Waals surface area contributed by atoms with Crippen molar-refractivity contribution in [3.05, 3.63) is 35.4 Å². The lowest BCUT2D eigenvalue weighted by molar-refractivity contribution is -0.118. The van der Waals surface area contributed by atoms with Crippen molar-refractivity contribution < 1.29 is 4.79 Å². The minimum Gasteiger partial charge on any atom is -0.299 e. The van der Waals surface area contributed by atoms with Crippen LogP contribution in [0.5, 0.6) is 0 Å². The molecule has 1 aromatic carbocycles. The lowest BCUT2D eigenvalue weighted by Gasteiger charge is -2.02. The molecule has 0 aliphatic heterocycles. The molecule has 0 saturated heterocycles. The first-order valence-corrected chi connectivity index (χ1v) is 6.29. The molecule has 1 heteroatoms. The van der Waals surface area contributed by atoms with Crippen molar-refractivity contribution in [2.75, 3.05) is 0 Å². The molecule has 0 amide bonds. The first-order valence-electron chi connectivity index (χ1n) is 6.29. The molecule has 0 aliphatic carbocycles. The van der Waals surface area contributed by atoms with Crippen LogP contribution in [0.3, 0.4) is 0 Å². The van der Waals surface area contributed by atoms with E-state index in [0.29, 0.717) is 12.2 Å². The summed E-state index contributed by atoms with van der Waals surface area (Å²) >= 11 is 0. The van der Waals surface area contributed by atoms with Crippen molar-refractivity contribution in [1.82, 2.24) is 0 Å². The van der Waals surface area contributed by atoms with Gasteiger partial charge >= 0.3 is 0 Å². The quantitative estimate of drug-likeness (QED) is 0.630. The third-order valence-corrected chi connectivity index (χ3v) is 2.79. The second kappa shape index (κ2) is 7.21. The van der Waals surface area contributed by atoms with E-state index in [4.69, 9.17) is 0 Å². The smallest absolute Gasteiger partial charge is 0.137 e. The third kappa shape index (κ3) is 5.11. The highest BCUT2D eigenvalue weighted by Gasteiger charge is 2.03. The molecule has 0 aromatic heterocycles. The van der Waals surface area contributed by atoms with Crippen molar-refractivity contribution in [2.45, 2.75) is 52.4 Å². The summed E-state index contributed by atoms with van der Waals surface area (Å²) in [7, 11) is 0. The van der Waals surface area contributed by atoms with Crippen molar-refractivity contribution in [3.8, 4) is 0 Å². The molecular formula is C15H22O. The Morgan fingerprint density at radius 1 is 1.19 bits per heavy atom. The SMILES string of the molecule is CCCCCCC(=O)Cc1cccc(C)c1. The van der Waals surface area contributed by atoms with E-state index in [-0.39, 0.29) is 0 Å². The Hall–Kier alpha value is -1.11. The highest BCUT2D eigenvalue weighted by Crippen LogP contribution is 2.09. The molecule has 16 heavy (non-hydrogen) atoms. The van der Waals surface area contributed by atoms with E-state index in [9.17, 15) is 4.79 Å². The van der Waals surface area contributed by atoms with Gasteiger partial charge in [0.25, 0.3) is 0 Å². The van der Waals surface area contributed by atoms with Crippen LogP contribution in [-0.4, -0.2) is 5.78 Å². The lowest BCUT2D eigenvalue weighted by atomic mass is 10.0. The first-order chi connectivity index (χ1) is 7.72. The zero-order valence-electron chi connectivity index (χ0n) is 10.5. The van der Waals surface area contributed by atoms with Gasteiger partial charge < -0.3 is 0 Å². The molecule has 0 heterocycles. The molecule has 1 aromatic rings. The molecule has 0 saturated carbocycles. The van der Waals surface area contributed by atoms with Gasteiger partial charge in [0.05, 0.1) is 0 Å². The Morgan fingerprint density at radius 2 is 2.00 bits per heavy atom. The second-order valence-electron chi connectivity index (χ2n) is 4.52. The highest BCUT2D eigenvalue weighted by molar-refractivity contribution is 5.80. The number of ketones is 1. The highest BCUT2D eigenvalue weighted by atomic mass is 16.1. The van der Waals surface area contributed by atoms with Gasteiger partial charge in [0.2, 0.25) is 0 Å². The fraction of sp³-hybridized carbons (Fsp3) is 0.533. The van der Waals surface area contributed by atoms with Gasteiger partial charge in [-0.2, -0.15) is 0 Å². The van der Waals surface area contributed by atoms with E-state index >= 15 is 0 Å². The Balaban J connectivity index is 2.29. The molecule has 0 N–H and O–H groups in total. The number of hydrogen-bond donors (Lipinski definition) is 0. The van der Waals surface area contributed by atoms with Crippen molar-refractivity contribution in [2.24, 2.45) is 0 Å². The molecule has 0 atom stereocenters. The monoisotopic (exact) mass is 218 g/mol. The number of carbonyl (C=O) groups excluding carboxylic acids is 1. The largest absolute Gasteiger partial charge is 0.299 e. The molecule has 88 valence electrons. The number of rotatable bonds is 7. The number of aryl methyl sites for hydroxylation is 1. The second-order valence-corrected chi connectivity index (χ2v) is 4.52. The van der Waals surface area contributed by atoms with E-state index < -0.39 is 0 Å². The van der Waals surface area contributed by atoms with Crippen LogP contribution < -0.4 is 0 Å². The average molecular weight is 218 g/mol. The minimum absolute atomic E-state index is 0.377. The van der Waals surface area contributed by atoms with Gasteiger partial charge in [0.15, 0.2) is 0 Å². The molecular weight excluding hydrogens is 196 g/mol. The standard InChI is InChI=1S/C15H22O/c1-3-4-5-6-10-15(16)12-14-9-7-8-13(2)11-14/h7-9,11H,3-6,10,12H2,1-2H3. The Kier molecular flexibility index (Phi) is 5.84. The fourth-order valence-electron chi connectivity index (χ4n) is 1.89. The molecule has 1 rings (SSSR count). The van der Waals surface area contributed by atoms with E-state index in [1.165, 1.54) is 24.8 Å². The van der Waals surface area contributed by atoms with Gasteiger partial charge in [0, 0.05) is 12.8 Å². The Bertz CT molecular complexity index is 328. The summed E-state index contributed by atoms with van der Waals surface area (Å²) in [6.07, 6.45) is 6.07. The van der Waals surface area contributed by atoms with Crippen molar-refractivity contribution in [3.63, 3.8) is 0 Å². The summed E-state index contributed by atoms with van der Waals surface area (Å²) < 4.78 is 0. The first kappa shape index (κ1) is 13.0. The van der Waals surface area contributed by atoms with Crippen LogP contribution in [0.15, 0.2) is 24.3 Å². The number of carbonyl (C=O) groups is 1. The molecule has 0 bridgehead atoms. The van der Waals surface area contributed by atoms with E-state index in [1.54, 1.807) is 0 Å². The number of Topliss-reactive ketones (excluding diaryl/α,β-unsaturated/α-hetero) is 1. The zero-order valence-corrected chi connectivity index (χ0v) is 10.5. The summed E-state index contributed by atoms with van der Waals surface area (Å²) in [5.74, 6) is 0.377. The average Bonchev–Trinajstić information content (AvgIpc) is 2.24. The molecule has 0 radical (unpaired) electrons. The maximum absolute atomic E-state index is 11.7. The fourth-order valence-corrected chi connectivity index (χ4v) is 1.89. The van der Waals surface area contributed by atoms with E-state index in [0.717, 1.165) is 18.4 Å². The number of hydrogen-bond acceptors (Lipinski definition) is 1. The molecule has 0 unspecified atom stereocenters. The minimum atomic E-state index is 0.377. The van der Waals surface area contributed by atoms with Gasteiger partial charge in [-0.1, -0.05) is 56.0 Å². The summed E-state index contributed by atoms with van der Waals surface area (Å²) in [6.45, 7) is 4.25. The van der Waals surface area contributed by atoms with Gasteiger partial charge in [-0.3, -0.25) is 4.79 Å². The third-order valence-electron chi connectivity index (χ3n) is 2.79. The van der Waals surface area contributed by atoms with E-state index in [1.807, 2.05) is 12.1 Å². The van der Waals surface area contributed by atoms with Crippen LogP contribution in [-0.2, 0) is 11.2 Å². The lowest BCUT2D eigenvalue weighted by Crippen LogP contribution is -2.02.